The summed E-state index contributed by atoms with van der Waals surface area (Å²) in [5.41, 5.74) is -1.40. The van der Waals surface area contributed by atoms with Crippen molar-refractivity contribution in [1.29, 1.82) is 5.26 Å². The van der Waals surface area contributed by atoms with E-state index in [9.17, 15) is 13.2 Å². The highest BCUT2D eigenvalue weighted by atomic mass is 35.5. The predicted molar refractivity (Wildman–Crippen MR) is 45.7 cm³/mol. The van der Waals surface area contributed by atoms with Crippen LogP contribution in [0.4, 0.5) is 13.2 Å². The number of nitrogens with zero attached hydrogens (tertiary/aromatic N) is 1. The van der Waals surface area contributed by atoms with E-state index in [0.717, 1.165) is 6.07 Å². The monoisotopic (exact) mass is 219 g/mol. The molecule has 1 aromatic carbocycles. The van der Waals surface area contributed by atoms with Crippen LogP contribution < -0.4 is 0 Å². The molecule has 1 rings (SSSR count). The van der Waals surface area contributed by atoms with Gasteiger partial charge < -0.3 is 0 Å². The molecule has 14 heavy (non-hydrogen) atoms. The lowest BCUT2D eigenvalue weighted by Gasteiger charge is -2.12. The molecule has 0 spiro atoms. The van der Waals surface area contributed by atoms with Gasteiger partial charge in [-0.05, 0) is 11.6 Å². The van der Waals surface area contributed by atoms with Crippen molar-refractivity contribution in [2.75, 3.05) is 0 Å². The summed E-state index contributed by atoms with van der Waals surface area (Å²) in [4.78, 5) is 0. The Hall–Kier alpha value is -1.21. The minimum atomic E-state index is -4.53. The van der Waals surface area contributed by atoms with Crippen molar-refractivity contribution in [3.8, 4) is 6.07 Å². The van der Waals surface area contributed by atoms with Crippen molar-refractivity contribution in [2.24, 2.45) is 0 Å². The Bertz CT molecular complexity index is 379. The maximum Gasteiger partial charge on any atom is 0.417 e. The van der Waals surface area contributed by atoms with Crippen LogP contribution in [0.15, 0.2) is 18.2 Å². The number of rotatable bonds is 1. The van der Waals surface area contributed by atoms with E-state index in [-0.39, 0.29) is 11.4 Å². The molecule has 0 aromatic heterocycles. The number of halogens is 4. The summed E-state index contributed by atoms with van der Waals surface area (Å²) in [6.45, 7) is 0. The Balaban J connectivity index is 3.44. The van der Waals surface area contributed by atoms with Crippen molar-refractivity contribution < 1.29 is 13.2 Å². The fraction of sp³-hybridized carbons (Fsp3) is 0.222. The fourth-order valence-corrected chi connectivity index (χ4v) is 1.36. The molecule has 0 N–H and O–H groups in total. The smallest absolute Gasteiger partial charge is 0.192 e. The van der Waals surface area contributed by atoms with Gasteiger partial charge in [0, 0.05) is 5.88 Å². The van der Waals surface area contributed by atoms with Crippen LogP contribution in [0.3, 0.4) is 0 Å². The molecule has 0 aliphatic heterocycles. The molecule has 0 unspecified atom stereocenters. The predicted octanol–water partition coefficient (Wildman–Crippen LogP) is 3.32. The third-order valence-corrected chi connectivity index (χ3v) is 1.99. The highest BCUT2D eigenvalue weighted by Crippen LogP contribution is 2.35. The Morgan fingerprint density at radius 3 is 2.43 bits per heavy atom. The molecule has 0 bridgehead atoms. The molecule has 0 atom stereocenters. The van der Waals surface area contributed by atoms with Crippen LogP contribution in [0, 0.1) is 11.3 Å². The lowest BCUT2D eigenvalue weighted by Crippen LogP contribution is -2.11. The van der Waals surface area contributed by atoms with E-state index in [1.165, 1.54) is 18.2 Å². The van der Waals surface area contributed by atoms with E-state index in [1.54, 1.807) is 0 Å². The van der Waals surface area contributed by atoms with E-state index < -0.39 is 17.3 Å². The third-order valence-electron chi connectivity index (χ3n) is 1.70. The van der Waals surface area contributed by atoms with Crippen LogP contribution in [0.1, 0.15) is 16.7 Å². The van der Waals surface area contributed by atoms with Crippen molar-refractivity contribution in [1.82, 2.24) is 0 Å². The van der Waals surface area contributed by atoms with Crippen molar-refractivity contribution in [2.45, 2.75) is 12.1 Å². The highest BCUT2D eigenvalue weighted by molar-refractivity contribution is 6.17. The van der Waals surface area contributed by atoms with Gasteiger partial charge in [0.05, 0.1) is 17.2 Å². The van der Waals surface area contributed by atoms with E-state index in [2.05, 4.69) is 0 Å². The number of nitriles is 1. The molecular formula is C9H5ClF3N. The zero-order chi connectivity index (χ0) is 10.8. The molecule has 1 aromatic rings. The Morgan fingerprint density at radius 2 is 2.00 bits per heavy atom. The second-order valence-corrected chi connectivity index (χ2v) is 2.85. The van der Waals surface area contributed by atoms with Gasteiger partial charge in [-0.25, -0.2) is 0 Å². The van der Waals surface area contributed by atoms with Crippen LogP contribution in [0.2, 0.25) is 0 Å². The minimum absolute atomic E-state index is 0.0711. The Labute approximate surface area is 83.7 Å². The quantitative estimate of drug-likeness (QED) is 0.665. The van der Waals surface area contributed by atoms with Gasteiger partial charge in [-0.2, -0.15) is 18.4 Å². The summed E-state index contributed by atoms with van der Waals surface area (Å²) in [5.74, 6) is -0.260. The molecular weight excluding hydrogens is 215 g/mol. The van der Waals surface area contributed by atoms with Gasteiger partial charge in [0.15, 0.2) is 0 Å². The largest absolute Gasteiger partial charge is 0.417 e. The minimum Gasteiger partial charge on any atom is -0.192 e. The molecule has 0 saturated carbocycles. The zero-order valence-electron chi connectivity index (χ0n) is 6.90. The van der Waals surface area contributed by atoms with E-state index in [0.29, 0.717) is 0 Å². The lowest BCUT2D eigenvalue weighted by atomic mass is 10.0. The van der Waals surface area contributed by atoms with Gasteiger partial charge in [-0.15, -0.1) is 11.6 Å². The highest BCUT2D eigenvalue weighted by Gasteiger charge is 2.35. The van der Waals surface area contributed by atoms with Crippen molar-refractivity contribution >= 4 is 11.6 Å². The number of hydrogen-bond donors (Lipinski definition) is 0. The average molecular weight is 220 g/mol. The first-order valence-corrected chi connectivity index (χ1v) is 4.19. The van der Waals surface area contributed by atoms with Crippen LogP contribution in [-0.4, -0.2) is 0 Å². The maximum atomic E-state index is 12.5. The number of hydrogen-bond acceptors (Lipinski definition) is 1. The second kappa shape index (κ2) is 3.89. The molecule has 0 fully saturated rings. The van der Waals surface area contributed by atoms with Crippen molar-refractivity contribution in [3.63, 3.8) is 0 Å². The van der Waals surface area contributed by atoms with E-state index >= 15 is 0 Å². The van der Waals surface area contributed by atoms with Crippen LogP contribution in [-0.2, 0) is 12.1 Å². The first-order valence-electron chi connectivity index (χ1n) is 3.66. The van der Waals surface area contributed by atoms with Crippen LogP contribution >= 0.6 is 11.6 Å². The first kappa shape index (κ1) is 10.9. The van der Waals surface area contributed by atoms with Crippen LogP contribution in [0.25, 0.3) is 0 Å². The molecule has 74 valence electrons. The van der Waals surface area contributed by atoms with Gasteiger partial charge in [0.1, 0.15) is 0 Å². The van der Waals surface area contributed by atoms with Gasteiger partial charge in [0.2, 0.25) is 0 Å². The fourth-order valence-electron chi connectivity index (χ4n) is 1.14. The van der Waals surface area contributed by atoms with Gasteiger partial charge >= 0.3 is 6.18 Å². The summed E-state index contributed by atoms with van der Waals surface area (Å²) in [6, 6.07) is 5.26. The lowest BCUT2D eigenvalue weighted by molar-refractivity contribution is -0.138. The first-order chi connectivity index (χ1) is 6.50. The van der Waals surface area contributed by atoms with E-state index in [1.807, 2.05) is 0 Å². The summed E-state index contributed by atoms with van der Waals surface area (Å²) in [7, 11) is 0. The molecule has 0 radical (unpaired) electrons. The van der Waals surface area contributed by atoms with Gasteiger partial charge in [-0.1, -0.05) is 12.1 Å². The van der Waals surface area contributed by atoms with Crippen LogP contribution in [0.5, 0.6) is 0 Å². The SMILES string of the molecule is N#Cc1cccc(CCl)c1C(F)(F)F. The molecule has 1 nitrogen and oxygen atoms in total. The summed E-state index contributed by atoms with van der Waals surface area (Å²) >= 11 is 5.36. The topological polar surface area (TPSA) is 23.8 Å². The summed E-state index contributed by atoms with van der Waals surface area (Å²) < 4.78 is 37.4. The molecule has 0 amide bonds. The van der Waals surface area contributed by atoms with Gasteiger partial charge in [-0.3, -0.25) is 0 Å². The molecule has 0 aliphatic rings. The zero-order valence-corrected chi connectivity index (χ0v) is 7.65. The van der Waals surface area contributed by atoms with Gasteiger partial charge in [0.25, 0.3) is 0 Å². The third kappa shape index (κ3) is 1.99. The summed E-state index contributed by atoms with van der Waals surface area (Å²) in [5, 5.41) is 8.51. The summed E-state index contributed by atoms with van der Waals surface area (Å²) in [6.07, 6.45) is -4.53. The number of alkyl halides is 4. The van der Waals surface area contributed by atoms with Crippen molar-refractivity contribution in [3.05, 3.63) is 34.9 Å². The normalized spacial score (nSPS) is 11.1. The standard InChI is InChI=1S/C9H5ClF3N/c10-4-6-2-1-3-7(5-14)8(6)9(11,12)13/h1-3H,4H2. The Kier molecular flexibility index (Phi) is 3.02. The second-order valence-electron chi connectivity index (χ2n) is 2.58. The average Bonchev–Trinajstić information content (AvgIpc) is 2.15. The molecule has 0 saturated heterocycles. The Morgan fingerprint density at radius 1 is 1.36 bits per heavy atom. The molecule has 5 heteroatoms. The molecule has 0 heterocycles. The van der Waals surface area contributed by atoms with E-state index in [4.69, 9.17) is 16.9 Å². The molecule has 0 aliphatic carbocycles. The maximum absolute atomic E-state index is 12.5. The number of benzene rings is 1.